The summed E-state index contributed by atoms with van der Waals surface area (Å²) in [4.78, 5) is 23.3. The van der Waals surface area contributed by atoms with E-state index in [1.165, 1.54) is 16.8 Å². The Morgan fingerprint density at radius 2 is 1.89 bits per heavy atom. The summed E-state index contributed by atoms with van der Waals surface area (Å²) < 4.78 is 1.23. The van der Waals surface area contributed by atoms with Gasteiger partial charge in [0, 0.05) is 6.20 Å². The normalized spacial score (nSPS) is 10.3. The fourth-order valence-corrected chi connectivity index (χ4v) is 1.86. The van der Waals surface area contributed by atoms with Gasteiger partial charge in [-0.25, -0.2) is 0 Å². The minimum absolute atomic E-state index is 0.0517. The Kier molecular flexibility index (Phi) is 3.08. The Morgan fingerprint density at radius 1 is 1.22 bits per heavy atom. The number of pyridine rings is 1. The van der Waals surface area contributed by atoms with Crippen molar-refractivity contribution in [2.75, 3.05) is 5.73 Å². The van der Waals surface area contributed by atoms with Crippen molar-refractivity contribution in [3.8, 4) is 5.69 Å². The maximum absolute atomic E-state index is 12.1. The monoisotopic (exact) mass is 263 g/mol. The van der Waals surface area contributed by atoms with Crippen LogP contribution < -0.4 is 17.0 Å². The largest absolute Gasteiger partial charge is 0.398 e. The van der Waals surface area contributed by atoms with Crippen LogP contribution in [0.5, 0.6) is 0 Å². The van der Waals surface area contributed by atoms with Crippen LogP contribution >= 0.6 is 11.6 Å². The highest BCUT2D eigenvalue weighted by atomic mass is 35.5. The molecule has 0 aliphatic heterocycles. The molecule has 0 atom stereocenters. The summed E-state index contributed by atoms with van der Waals surface area (Å²) in [5.41, 5.74) is 10.4. The standard InChI is InChI=1S/C12H10ClN3O2/c13-7-3-1-2-4-9(7)16-6-5-8(14)10(11(15)17)12(16)18/h1-6H,14H2,(H2,15,17). The Labute approximate surface area is 108 Å². The van der Waals surface area contributed by atoms with E-state index >= 15 is 0 Å². The number of nitrogen functional groups attached to an aromatic ring is 1. The van der Waals surface area contributed by atoms with Gasteiger partial charge in [0.05, 0.1) is 16.4 Å². The lowest BCUT2D eigenvalue weighted by molar-refractivity contribution is 0.0999. The van der Waals surface area contributed by atoms with Crippen LogP contribution in [0, 0.1) is 0 Å². The van der Waals surface area contributed by atoms with Crippen LogP contribution in [0.1, 0.15) is 10.4 Å². The average Bonchev–Trinajstić information content (AvgIpc) is 2.30. The van der Waals surface area contributed by atoms with Crippen LogP contribution in [-0.2, 0) is 0 Å². The second kappa shape index (κ2) is 4.54. The zero-order valence-corrected chi connectivity index (χ0v) is 10.0. The summed E-state index contributed by atoms with van der Waals surface area (Å²) in [5, 5.41) is 0.389. The summed E-state index contributed by atoms with van der Waals surface area (Å²) in [6, 6.07) is 8.20. The molecule has 0 bridgehead atoms. The first-order valence-electron chi connectivity index (χ1n) is 5.08. The predicted octanol–water partition coefficient (Wildman–Crippen LogP) is 1.17. The first kappa shape index (κ1) is 12.2. The fourth-order valence-electron chi connectivity index (χ4n) is 1.63. The maximum atomic E-state index is 12.1. The van der Waals surface area contributed by atoms with E-state index in [9.17, 15) is 9.59 Å². The molecule has 0 saturated carbocycles. The van der Waals surface area contributed by atoms with Gasteiger partial charge in [-0.2, -0.15) is 0 Å². The van der Waals surface area contributed by atoms with Crippen molar-refractivity contribution >= 4 is 23.2 Å². The molecule has 5 nitrogen and oxygen atoms in total. The molecule has 0 unspecified atom stereocenters. The van der Waals surface area contributed by atoms with Crippen molar-refractivity contribution in [1.29, 1.82) is 0 Å². The van der Waals surface area contributed by atoms with Crippen molar-refractivity contribution in [2.24, 2.45) is 5.73 Å². The number of anilines is 1. The molecule has 1 heterocycles. The van der Waals surface area contributed by atoms with Crippen molar-refractivity contribution in [3.05, 3.63) is 57.5 Å². The number of halogens is 1. The van der Waals surface area contributed by atoms with E-state index in [0.29, 0.717) is 10.7 Å². The van der Waals surface area contributed by atoms with Crippen molar-refractivity contribution in [3.63, 3.8) is 0 Å². The molecule has 1 aromatic heterocycles. The predicted molar refractivity (Wildman–Crippen MR) is 70.0 cm³/mol. The lowest BCUT2D eigenvalue weighted by atomic mass is 10.2. The SMILES string of the molecule is NC(=O)c1c(N)ccn(-c2ccccc2Cl)c1=O. The maximum Gasteiger partial charge on any atom is 0.270 e. The van der Waals surface area contributed by atoms with Crippen LogP contribution in [0.4, 0.5) is 5.69 Å². The molecule has 0 aliphatic carbocycles. The quantitative estimate of drug-likeness (QED) is 0.852. The highest BCUT2D eigenvalue weighted by Crippen LogP contribution is 2.19. The molecular weight excluding hydrogens is 254 g/mol. The van der Waals surface area contributed by atoms with Crippen LogP contribution in [0.25, 0.3) is 5.69 Å². The molecule has 0 aliphatic rings. The first-order chi connectivity index (χ1) is 8.52. The van der Waals surface area contributed by atoms with Gasteiger partial charge < -0.3 is 11.5 Å². The highest BCUT2D eigenvalue weighted by Gasteiger charge is 2.15. The summed E-state index contributed by atoms with van der Waals surface area (Å²) in [6.07, 6.45) is 1.45. The summed E-state index contributed by atoms with van der Waals surface area (Å²) in [6.45, 7) is 0. The molecule has 1 amide bonds. The number of para-hydroxylation sites is 1. The van der Waals surface area contributed by atoms with Gasteiger partial charge in [0.2, 0.25) is 0 Å². The van der Waals surface area contributed by atoms with Gasteiger partial charge in [-0.3, -0.25) is 14.2 Å². The van der Waals surface area contributed by atoms with Crippen LogP contribution in [0.15, 0.2) is 41.3 Å². The van der Waals surface area contributed by atoms with E-state index in [-0.39, 0.29) is 11.3 Å². The van der Waals surface area contributed by atoms with Gasteiger partial charge in [0.25, 0.3) is 11.5 Å². The number of hydrogen-bond acceptors (Lipinski definition) is 3. The number of benzene rings is 1. The highest BCUT2D eigenvalue weighted by molar-refractivity contribution is 6.32. The number of rotatable bonds is 2. The zero-order chi connectivity index (χ0) is 13.3. The van der Waals surface area contributed by atoms with Crippen LogP contribution in [0.2, 0.25) is 5.02 Å². The number of nitrogens with zero attached hydrogens (tertiary/aromatic N) is 1. The van der Waals surface area contributed by atoms with E-state index in [1.54, 1.807) is 24.3 Å². The lowest BCUT2D eigenvalue weighted by Crippen LogP contribution is -2.30. The Morgan fingerprint density at radius 3 is 2.50 bits per heavy atom. The summed E-state index contributed by atoms with van der Waals surface area (Å²) in [5.74, 6) is -0.862. The summed E-state index contributed by atoms with van der Waals surface area (Å²) >= 11 is 6.00. The second-order valence-corrected chi connectivity index (χ2v) is 4.04. The molecule has 1 aromatic carbocycles. The zero-order valence-electron chi connectivity index (χ0n) is 9.26. The average molecular weight is 264 g/mol. The van der Waals surface area contributed by atoms with E-state index in [4.69, 9.17) is 23.1 Å². The molecule has 18 heavy (non-hydrogen) atoms. The Hall–Kier alpha value is -2.27. The molecule has 0 spiro atoms. The minimum Gasteiger partial charge on any atom is -0.398 e. The molecule has 2 aromatic rings. The number of primary amides is 1. The number of hydrogen-bond donors (Lipinski definition) is 2. The second-order valence-electron chi connectivity index (χ2n) is 3.64. The first-order valence-corrected chi connectivity index (χ1v) is 5.46. The molecular formula is C12H10ClN3O2. The summed E-state index contributed by atoms with van der Waals surface area (Å²) in [7, 11) is 0. The van der Waals surface area contributed by atoms with Gasteiger partial charge in [-0.05, 0) is 18.2 Å². The molecule has 0 saturated heterocycles. The molecule has 0 fully saturated rings. The third-order valence-electron chi connectivity index (χ3n) is 2.48. The Bertz CT molecular complexity index is 679. The van der Waals surface area contributed by atoms with Gasteiger partial charge in [0.1, 0.15) is 5.56 Å². The van der Waals surface area contributed by atoms with Gasteiger partial charge in [0.15, 0.2) is 0 Å². The third kappa shape index (κ3) is 1.96. The topological polar surface area (TPSA) is 91.1 Å². The molecule has 6 heteroatoms. The fraction of sp³-hybridized carbons (Fsp3) is 0. The third-order valence-corrected chi connectivity index (χ3v) is 2.80. The Balaban J connectivity index is 2.76. The minimum atomic E-state index is -0.862. The number of nitrogens with two attached hydrogens (primary N) is 2. The van der Waals surface area contributed by atoms with Crippen LogP contribution in [0.3, 0.4) is 0 Å². The van der Waals surface area contributed by atoms with E-state index in [2.05, 4.69) is 0 Å². The lowest BCUT2D eigenvalue weighted by Gasteiger charge is -2.10. The van der Waals surface area contributed by atoms with E-state index < -0.39 is 11.5 Å². The molecule has 92 valence electrons. The number of amides is 1. The molecule has 0 radical (unpaired) electrons. The van der Waals surface area contributed by atoms with Crippen molar-refractivity contribution in [2.45, 2.75) is 0 Å². The molecule has 4 N–H and O–H groups in total. The van der Waals surface area contributed by atoms with E-state index in [1.807, 2.05) is 0 Å². The van der Waals surface area contributed by atoms with Gasteiger partial charge in [-0.1, -0.05) is 23.7 Å². The number of aromatic nitrogens is 1. The van der Waals surface area contributed by atoms with Gasteiger partial charge >= 0.3 is 0 Å². The van der Waals surface area contributed by atoms with Crippen molar-refractivity contribution in [1.82, 2.24) is 4.57 Å². The number of carbonyl (C=O) groups is 1. The van der Waals surface area contributed by atoms with E-state index in [0.717, 1.165) is 0 Å². The van der Waals surface area contributed by atoms with Gasteiger partial charge in [-0.15, -0.1) is 0 Å². The van der Waals surface area contributed by atoms with Crippen molar-refractivity contribution < 1.29 is 4.79 Å². The smallest absolute Gasteiger partial charge is 0.270 e. The molecule has 2 rings (SSSR count). The number of carbonyl (C=O) groups excluding carboxylic acids is 1. The van der Waals surface area contributed by atoms with Crippen LogP contribution in [-0.4, -0.2) is 10.5 Å².